The number of hydrogen-bond acceptors (Lipinski definition) is 5. The van der Waals surface area contributed by atoms with Crippen LogP contribution >= 0.6 is 0 Å². The number of ether oxygens (including phenoxy) is 3. The molecule has 1 saturated heterocycles. The minimum atomic E-state index is -0.127. The van der Waals surface area contributed by atoms with Crippen molar-refractivity contribution in [1.29, 1.82) is 0 Å². The lowest BCUT2D eigenvalue weighted by Gasteiger charge is -2.32. The second-order valence-corrected chi connectivity index (χ2v) is 6.36. The van der Waals surface area contributed by atoms with E-state index in [9.17, 15) is 4.79 Å². The number of hydrogen-bond donors (Lipinski definition) is 2. The Kier molecular flexibility index (Phi) is 6.36. The van der Waals surface area contributed by atoms with Gasteiger partial charge in [-0.1, -0.05) is 6.07 Å². The summed E-state index contributed by atoms with van der Waals surface area (Å²) in [6.45, 7) is 7.91. The molecule has 0 bridgehead atoms. The molecule has 3 rings (SSSR count). The van der Waals surface area contributed by atoms with E-state index in [2.05, 4.69) is 22.5 Å². The molecule has 1 fully saturated rings. The predicted octanol–water partition coefficient (Wildman–Crippen LogP) is 1.02. The van der Waals surface area contributed by atoms with Gasteiger partial charge in [-0.05, 0) is 31.0 Å². The summed E-state index contributed by atoms with van der Waals surface area (Å²) >= 11 is 0. The molecule has 1 unspecified atom stereocenters. The number of benzene rings is 1. The molecule has 7 heteroatoms. The lowest BCUT2D eigenvalue weighted by molar-refractivity contribution is 0.0209. The summed E-state index contributed by atoms with van der Waals surface area (Å²) in [5.41, 5.74) is 1.12. The van der Waals surface area contributed by atoms with Crippen molar-refractivity contribution in [3.8, 4) is 11.5 Å². The van der Waals surface area contributed by atoms with Crippen LogP contribution in [0.5, 0.6) is 11.5 Å². The number of nitrogens with one attached hydrogen (secondary N) is 2. The molecule has 2 aliphatic heterocycles. The Hall–Kier alpha value is -1.99. The average Bonchev–Trinajstić information content (AvgIpc) is 2.66. The van der Waals surface area contributed by atoms with Gasteiger partial charge in [0.25, 0.3) is 0 Å². The van der Waals surface area contributed by atoms with Crippen molar-refractivity contribution in [1.82, 2.24) is 15.5 Å². The van der Waals surface area contributed by atoms with Gasteiger partial charge in [0.2, 0.25) is 0 Å². The molecule has 7 nitrogen and oxygen atoms in total. The fraction of sp³-hybridized carbons (Fsp3) is 0.611. The Morgan fingerprint density at radius 2 is 1.88 bits per heavy atom. The standard InChI is InChI=1S/C18H27N3O4/c1-14(21-6-8-23-9-7-21)13-20-18(22)19-5-4-15-2-3-16-17(12-15)25-11-10-24-16/h2-3,12,14H,4-11,13H2,1H3,(H2,19,20,22). The fourth-order valence-corrected chi connectivity index (χ4v) is 3.01. The van der Waals surface area contributed by atoms with Crippen LogP contribution in [0.15, 0.2) is 18.2 Å². The third-order valence-electron chi connectivity index (χ3n) is 4.53. The Morgan fingerprint density at radius 1 is 1.12 bits per heavy atom. The van der Waals surface area contributed by atoms with Crippen LogP contribution in [0.1, 0.15) is 12.5 Å². The second kappa shape index (κ2) is 8.92. The molecule has 0 saturated carbocycles. The second-order valence-electron chi connectivity index (χ2n) is 6.36. The molecule has 1 aromatic carbocycles. The number of rotatable bonds is 6. The topological polar surface area (TPSA) is 72.1 Å². The molecule has 25 heavy (non-hydrogen) atoms. The normalized spacial score (nSPS) is 18.4. The largest absolute Gasteiger partial charge is 0.486 e. The Balaban J connectivity index is 1.35. The minimum absolute atomic E-state index is 0.127. The number of fused-ring (bicyclic) bond motifs is 1. The van der Waals surface area contributed by atoms with Gasteiger partial charge in [0.1, 0.15) is 13.2 Å². The lowest BCUT2D eigenvalue weighted by Crippen LogP contribution is -2.49. The first-order valence-electron chi connectivity index (χ1n) is 8.94. The summed E-state index contributed by atoms with van der Waals surface area (Å²) in [6.07, 6.45) is 0.753. The molecular formula is C18H27N3O4. The van der Waals surface area contributed by atoms with Crippen LogP contribution in [0, 0.1) is 0 Å². The zero-order valence-electron chi connectivity index (χ0n) is 14.8. The number of morpholine rings is 1. The van der Waals surface area contributed by atoms with Gasteiger partial charge in [0.05, 0.1) is 13.2 Å². The molecule has 2 aliphatic rings. The van der Waals surface area contributed by atoms with Gasteiger partial charge in [-0.25, -0.2) is 4.79 Å². The van der Waals surface area contributed by atoms with Crippen molar-refractivity contribution >= 4 is 6.03 Å². The van der Waals surface area contributed by atoms with E-state index in [-0.39, 0.29) is 6.03 Å². The van der Waals surface area contributed by atoms with E-state index in [0.717, 1.165) is 49.8 Å². The first kappa shape index (κ1) is 17.8. The molecule has 138 valence electrons. The van der Waals surface area contributed by atoms with Crippen LogP contribution in [0.2, 0.25) is 0 Å². The summed E-state index contributed by atoms with van der Waals surface area (Å²) in [5, 5.41) is 5.84. The van der Waals surface area contributed by atoms with Crippen molar-refractivity contribution in [2.75, 3.05) is 52.6 Å². The highest BCUT2D eigenvalue weighted by Gasteiger charge is 2.17. The highest BCUT2D eigenvalue weighted by molar-refractivity contribution is 5.73. The minimum Gasteiger partial charge on any atom is -0.486 e. The lowest BCUT2D eigenvalue weighted by atomic mass is 10.1. The van der Waals surface area contributed by atoms with E-state index < -0.39 is 0 Å². The van der Waals surface area contributed by atoms with Crippen LogP contribution < -0.4 is 20.1 Å². The maximum atomic E-state index is 11.9. The molecule has 0 spiro atoms. The summed E-state index contributed by atoms with van der Waals surface area (Å²) in [5.74, 6) is 1.57. The zero-order chi connectivity index (χ0) is 17.5. The molecule has 1 aromatic rings. The van der Waals surface area contributed by atoms with Crippen molar-refractivity contribution in [3.63, 3.8) is 0 Å². The van der Waals surface area contributed by atoms with Crippen LogP contribution in [0.3, 0.4) is 0 Å². The summed E-state index contributed by atoms with van der Waals surface area (Å²) < 4.78 is 16.4. The van der Waals surface area contributed by atoms with E-state index in [1.165, 1.54) is 0 Å². The summed E-state index contributed by atoms with van der Waals surface area (Å²) in [7, 11) is 0. The van der Waals surface area contributed by atoms with Gasteiger partial charge in [0.15, 0.2) is 11.5 Å². The molecule has 2 N–H and O–H groups in total. The molecule has 0 radical (unpaired) electrons. The zero-order valence-corrected chi connectivity index (χ0v) is 14.8. The van der Waals surface area contributed by atoms with Gasteiger partial charge in [-0.3, -0.25) is 4.90 Å². The van der Waals surface area contributed by atoms with Crippen LogP contribution in [-0.2, 0) is 11.2 Å². The van der Waals surface area contributed by atoms with Crippen molar-refractivity contribution in [2.24, 2.45) is 0 Å². The predicted molar refractivity (Wildman–Crippen MR) is 94.4 cm³/mol. The van der Waals surface area contributed by atoms with Gasteiger partial charge in [0, 0.05) is 32.2 Å². The number of carbonyl (C=O) groups excluding carboxylic acids is 1. The number of urea groups is 1. The first-order chi connectivity index (χ1) is 12.2. The first-order valence-corrected chi connectivity index (χ1v) is 8.94. The van der Waals surface area contributed by atoms with Crippen LogP contribution in [0.4, 0.5) is 4.79 Å². The van der Waals surface area contributed by atoms with Crippen molar-refractivity contribution < 1.29 is 19.0 Å². The van der Waals surface area contributed by atoms with Crippen molar-refractivity contribution in [2.45, 2.75) is 19.4 Å². The SMILES string of the molecule is CC(CNC(=O)NCCc1ccc2c(c1)OCCO2)N1CCOCC1. The molecule has 0 aliphatic carbocycles. The summed E-state index contributed by atoms with van der Waals surface area (Å²) in [4.78, 5) is 14.3. The highest BCUT2D eigenvalue weighted by atomic mass is 16.6. The van der Waals surface area contributed by atoms with Crippen molar-refractivity contribution in [3.05, 3.63) is 23.8 Å². The third-order valence-corrected chi connectivity index (χ3v) is 4.53. The molecular weight excluding hydrogens is 322 g/mol. The van der Waals surface area contributed by atoms with Gasteiger partial charge < -0.3 is 24.8 Å². The van der Waals surface area contributed by atoms with Crippen LogP contribution in [0.25, 0.3) is 0 Å². The molecule has 0 aromatic heterocycles. The highest BCUT2D eigenvalue weighted by Crippen LogP contribution is 2.30. The van der Waals surface area contributed by atoms with E-state index in [1.807, 2.05) is 18.2 Å². The van der Waals surface area contributed by atoms with Crippen LogP contribution in [-0.4, -0.2) is 69.6 Å². The Bertz CT molecular complexity index is 575. The Labute approximate surface area is 148 Å². The Morgan fingerprint density at radius 3 is 2.68 bits per heavy atom. The average molecular weight is 349 g/mol. The van der Waals surface area contributed by atoms with E-state index >= 15 is 0 Å². The maximum Gasteiger partial charge on any atom is 0.314 e. The van der Waals surface area contributed by atoms with E-state index in [0.29, 0.717) is 32.3 Å². The van der Waals surface area contributed by atoms with Gasteiger partial charge in [-0.15, -0.1) is 0 Å². The van der Waals surface area contributed by atoms with E-state index in [4.69, 9.17) is 14.2 Å². The van der Waals surface area contributed by atoms with E-state index in [1.54, 1.807) is 0 Å². The number of amides is 2. The van der Waals surface area contributed by atoms with Gasteiger partial charge in [-0.2, -0.15) is 0 Å². The number of nitrogens with zero attached hydrogens (tertiary/aromatic N) is 1. The molecule has 2 amide bonds. The smallest absolute Gasteiger partial charge is 0.314 e. The third kappa shape index (κ3) is 5.24. The summed E-state index contributed by atoms with van der Waals surface area (Å²) in [6, 6.07) is 6.10. The van der Waals surface area contributed by atoms with Gasteiger partial charge >= 0.3 is 6.03 Å². The number of carbonyl (C=O) groups is 1. The molecule has 1 atom stereocenters. The fourth-order valence-electron chi connectivity index (χ4n) is 3.01. The quantitative estimate of drug-likeness (QED) is 0.802. The molecule has 2 heterocycles. The maximum absolute atomic E-state index is 11.9. The monoisotopic (exact) mass is 349 g/mol.